The molecule has 1 unspecified atom stereocenters. The summed E-state index contributed by atoms with van der Waals surface area (Å²) in [6, 6.07) is 0.116. The number of rotatable bonds is 5. The van der Waals surface area contributed by atoms with E-state index in [0.717, 1.165) is 30.2 Å². The van der Waals surface area contributed by atoms with E-state index in [2.05, 4.69) is 32.8 Å². The van der Waals surface area contributed by atoms with Crippen molar-refractivity contribution in [3.05, 3.63) is 11.9 Å². The van der Waals surface area contributed by atoms with E-state index in [9.17, 15) is 4.79 Å². The monoisotopic (exact) mass is 249 g/mol. The standard InChI is InChI=1S/C12H19N5O/c1-3-4-13-11-8(2)12(16-7-15-11)17-9-5-10(18)14-6-9/h7,9H,3-6H2,1-2H3,(H,14,18)(H2,13,15,16,17). The number of hydrogen-bond acceptors (Lipinski definition) is 5. The van der Waals surface area contributed by atoms with Crippen molar-refractivity contribution in [1.29, 1.82) is 0 Å². The van der Waals surface area contributed by atoms with Gasteiger partial charge in [0.15, 0.2) is 0 Å². The topological polar surface area (TPSA) is 78.9 Å². The smallest absolute Gasteiger partial charge is 0.222 e. The van der Waals surface area contributed by atoms with E-state index in [1.165, 1.54) is 6.33 Å². The third-order valence-corrected chi connectivity index (χ3v) is 2.94. The van der Waals surface area contributed by atoms with E-state index < -0.39 is 0 Å². The first-order chi connectivity index (χ1) is 8.70. The number of carbonyl (C=O) groups is 1. The predicted molar refractivity (Wildman–Crippen MR) is 70.6 cm³/mol. The molecule has 2 rings (SSSR count). The minimum atomic E-state index is 0.0866. The normalized spacial score (nSPS) is 18.6. The molecule has 18 heavy (non-hydrogen) atoms. The van der Waals surface area contributed by atoms with E-state index in [4.69, 9.17) is 0 Å². The molecule has 6 heteroatoms. The molecule has 1 fully saturated rings. The van der Waals surface area contributed by atoms with Crippen LogP contribution in [-0.4, -0.2) is 35.0 Å². The molecule has 3 N–H and O–H groups in total. The average molecular weight is 249 g/mol. The Kier molecular flexibility index (Phi) is 3.96. The van der Waals surface area contributed by atoms with Gasteiger partial charge in [0.05, 0.1) is 6.04 Å². The first-order valence-corrected chi connectivity index (χ1v) is 6.29. The maximum atomic E-state index is 11.1. The van der Waals surface area contributed by atoms with E-state index >= 15 is 0 Å². The van der Waals surface area contributed by atoms with Crippen LogP contribution in [0, 0.1) is 6.92 Å². The van der Waals surface area contributed by atoms with Gasteiger partial charge in [-0.3, -0.25) is 4.79 Å². The van der Waals surface area contributed by atoms with Crippen LogP contribution in [-0.2, 0) is 4.79 Å². The minimum Gasteiger partial charge on any atom is -0.370 e. The van der Waals surface area contributed by atoms with Gasteiger partial charge in [0.2, 0.25) is 5.91 Å². The molecule has 1 amide bonds. The van der Waals surface area contributed by atoms with Gasteiger partial charge in [-0.25, -0.2) is 9.97 Å². The van der Waals surface area contributed by atoms with Crippen LogP contribution >= 0.6 is 0 Å². The quantitative estimate of drug-likeness (QED) is 0.723. The Morgan fingerprint density at radius 2 is 2.22 bits per heavy atom. The van der Waals surface area contributed by atoms with Crippen molar-refractivity contribution in [3.63, 3.8) is 0 Å². The summed E-state index contributed by atoms with van der Waals surface area (Å²) in [7, 11) is 0. The molecule has 0 radical (unpaired) electrons. The lowest BCUT2D eigenvalue weighted by Gasteiger charge is -2.15. The fraction of sp³-hybridized carbons (Fsp3) is 0.583. The van der Waals surface area contributed by atoms with Gasteiger partial charge < -0.3 is 16.0 Å². The fourth-order valence-corrected chi connectivity index (χ4v) is 1.92. The fourth-order valence-electron chi connectivity index (χ4n) is 1.92. The van der Waals surface area contributed by atoms with Crippen LogP contribution in [0.2, 0.25) is 0 Å². The van der Waals surface area contributed by atoms with E-state index in [0.29, 0.717) is 13.0 Å². The number of nitrogens with one attached hydrogen (secondary N) is 3. The second-order valence-electron chi connectivity index (χ2n) is 4.47. The maximum absolute atomic E-state index is 11.1. The lowest BCUT2D eigenvalue weighted by atomic mass is 10.2. The van der Waals surface area contributed by atoms with Gasteiger partial charge in [-0.2, -0.15) is 0 Å². The van der Waals surface area contributed by atoms with Gasteiger partial charge in [-0.15, -0.1) is 0 Å². The van der Waals surface area contributed by atoms with Crippen LogP contribution < -0.4 is 16.0 Å². The predicted octanol–water partition coefficient (Wildman–Crippen LogP) is 0.907. The molecule has 1 aromatic heterocycles. The number of nitrogens with zero attached hydrogens (tertiary/aromatic N) is 2. The van der Waals surface area contributed by atoms with Gasteiger partial charge in [0.1, 0.15) is 18.0 Å². The summed E-state index contributed by atoms with van der Waals surface area (Å²) in [5.41, 5.74) is 0.991. The van der Waals surface area contributed by atoms with E-state index in [1.54, 1.807) is 0 Å². The molecule has 0 spiro atoms. The summed E-state index contributed by atoms with van der Waals surface area (Å²) in [4.78, 5) is 19.6. The van der Waals surface area contributed by atoms with Crippen molar-refractivity contribution in [2.24, 2.45) is 0 Å². The summed E-state index contributed by atoms with van der Waals surface area (Å²) >= 11 is 0. The summed E-state index contributed by atoms with van der Waals surface area (Å²) in [6.07, 6.45) is 3.09. The lowest BCUT2D eigenvalue weighted by molar-refractivity contribution is -0.119. The Bertz CT molecular complexity index is 434. The van der Waals surface area contributed by atoms with Crippen molar-refractivity contribution in [1.82, 2.24) is 15.3 Å². The molecule has 6 nitrogen and oxygen atoms in total. The molecule has 98 valence electrons. The highest BCUT2D eigenvalue weighted by atomic mass is 16.1. The Labute approximate surface area is 107 Å². The lowest BCUT2D eigenvalue weighted by Crippen LogP contribution is -2.23. The number of carbonyl (C=O) groups excluding carboxylic acids is 1. The van der Waals surface area contributed by atoms with E-state index in [1.807, 2.05) is 6.92 Å². The second-order valence-corrected chi connectivity index (χ2v) is 4.47. The highest BCUT2D eigenvalue weighted by Crippen LogP contribution is 2.20. The van der Waals surface area contributed by atoms with Crippen LogP contribution in [0.5, 0.6) is 0 Å². The molecular weight excluding hydrogens is 230 g/mol. The van der Waals surface area contributed by atoms with Crippen LogP contribution in [0.4, 0.5) is 11.6 Å². The SMILES string of the molecule is CCCNc1ncnc(NC2CNC(=O)C2)c1C. The molecule has 0 saturated carbocycles. The highest BCUT2D eigenvalue weighted by molar-refractivity contribution is 5.79. The Morgan fingerprint density at radius 3 is 2.89 bits per heavy atom. The van der Waals surface area contributed by atoms with Gasteiger partial charge >= 0.3 is 0 Å². The second kappa shape index (κ2) is 5.66. The van der Waals surface area contributed by atoms with Gasteiger partial charge in [0.25, 0.3) is 0 Å². The number of aromatic nitrogens is 2. The van der Waals surface area contributed by atoms with Gasteiger partial charge in [-0.1, -0.05) is 6.92 Å². The average Bonchev–Trinajstić information content (AvgIpc) is 2.76. The van der Waals surface area contributed by atoms with Crippen molar-refractivity contribution in [2.75, 3.05) is 23.7 Å². The van der Waals surface area contributed by atoms with Crippen molar-refractivity contribution >= 4 is 17.5 Å². The molecule has 0 aromatic carbocycles. The van der Waals surface area contributed by atoms with Crippen LogP contribution in [0.1, 0.15) is 25.3 Å². The molecule has 0 aliphatic carbocycles. The molecule has 1 aliphatic rings. The van der Waals surface area contributed by atoms with E-state index in [-0.39, 0.29) is 11.9 Å². The Balaban J connectivity index is 2.05. The third kappa shape index (κ3) is 2.88. The molecule has 1 aromatic rings. The van der Waals surface area contributed by atoms with Crippen LogP contribution in [0.25, 0.3) is 0 Å². The highest BCUT2D eigenvalue weighted by Gasteiger charge is 2.22. The summed E-state index contributed by atoms with van der Waals surface area (Å²) in [6.45, 7) is 5.63. The van der Waals surface area contributed by atoms with Gasteiger partial charge in [-0.05, 0) is 13.3 Å². The Morgan fingerprint density at radius 1 is 1.44 bits per heavy atom. The number of anilines is 2. The minimum absolute atomic E-state index is 0.0866. The third-order valence-electron chi connectivity index (χ3n) is 2.94. The Hall–Kier alpha value is -1.85. The number of hydrogen-bond donors (Lipinski definition) is 3. The molecule has 1 aliphatic heterocycles. The van der Waals surface area contributed by atoms with Crippen molar-refractivity contribution < 1.29 is 4.79 Å². The van der Waals surface area contributed by atoms with Crippen molar-refractivity contribution in [3.8, 4) is 0 Å². The molecule has 1 atom stereocenters. The summed E-state index contributed by atoms with van der Waals surface area (Å²) < 4.78 is 0. The first kappa shape index (κ1) is 12.6. The zero-order valence-electron chi connectivity index (χ0n) is 10.8. The summed E-state index contributed by atoms with van der Waals surface area (Å²) in [5, 5.41) is 9.34. The molecule has 2 heterocycles. The van der Waals surface area contributed by atoms with Crippen molar-refractivity contribution in [2.45, 2.75) is 32.7 Å². The first-order valence-electron chi connectivity index (χ1n) is 6.29. The molecule has 0 bridgehead atoms. The largest absolute Gasteiger partial charge is 0.370 e. The van der Waals surface area contributed by atoms with Gasteiger partial charge in [0, 0.05) is 25.1 Å². The molecular formula is C12H19N5O. The van der Waals surface area contributed by atoms with Crippen LogP contribution in [0.3, 0.4) is 0 Å². The number of amides is 1. The maximum Gasteiger partial charge on any atom is 0.222 e. The van der Waals surface area contributed by atoms with Crippen LogP contribution in [0.15, 0.2) is 6.33 Å². The zero-order valence-corrected chi connectivity index (χ0v) is 10.8. The zero-order chi connectivity index (χ0) is 13.0. The molecule has 1 saturated heterocycles. The summed E-state index contributed by atoms with van der Waals surface area (Å²) in [5.74, 6) is 1.74.